The maximum atomic E-state index is 14.6. The fourth-order valence-corrected chi connectivity index (χ4v) is 5.83. The summed E-state index contributed by atoms with van der Waals surface area (Å²) < 4.78 is 14.6. The summed E-state index contributed by atoms with van der Waals surface area (Å²) in [5, 5.41) is 1.42. The van der Waals surface area contributed by atoms with Gasteiger partial charge in [0.2, 0.25) is 5.91 Å². The molecule has 7 nitrogen and oxygen atoms in total. The molecule has 3 unspecified atom stereocenters. The first-order chi connectivity index (χ1) is 16.0. The minimum absolute atomic E-state index is 0.0127. The average molecular weight is 451 g/mol. The molecule has 3 atom stereocenters. The SMILES string of the molecule is Cc1cccc(F)c1N1NC2C(CC1=O)NNC2c1ccc2c(c1)CCN(C1CN(C)C1)C2. The average Bonchev–Trinajstić information content (AvgIpc) is 3.19. The van der Waals surface area contributed by atoms with Crippen molar-refractivity contribution in [2.75, 3.05) is 31.7 Å². The number of carbonyl (C=O) groups is 1. The summed E-state index contributed by atoms with van der Waals surface area (Å²) in [6.07, 6.45) is 1.37. The summed E-state index contributed by atoms with van der Waals surface area (Å²) in [6.45, 7) is 6.28. The molecule has 4 aliphatic rings. The Morgan fingerprint density at radius 2 is 1.94 bits per heavy atom. The molecule has 0 radical (unpaired) electrons. The normalized spacial score (nSPS) is 28.5. The highest BCUT2D eigenvalue weighted by atomic mass is 19.1. The van der Waals surface area contributed by atoms with Gasteiger partial charge in [0.1, 0.15) is 5.82 Å². The van der Waals surface area contributed by atoms with Crippen molar-refractivity contribution >= 4 is 11.6 Å². The molecule has 0 saturated carbocycles. The Bertz CT molecular complexity index is 1070. The largest absolute Gasteiger partial charge is 0.303 e. The quantitative estimate of drug-likeness (QED) is 0.661. The maximum Gasteiger partial charge on any atom is 0.243 e. The molecule has 4 heterocycles. The Hall–Kier alpha value is -2.36. The second-order valence-electron chi connectivity index (χ2n) is 9.99. The molecule has 0 bridgehead atoms. The number of hydrogen-bond acceptors (Lipinski definition) is 6. The van der Waals surface area contributed by atoms with E-state index in [0.29, 0.717) is 18.2 Å². The highest BCUT2D eigenvalue weighted by molar-refractivity contribution is 5.94. The summed E-state index contributed by atoms with van der Waals surface area (Å²) in [7, 11) is 2.18. The number of nitrogens with zero attached hydrogens (tertiary/aromatic N) is 3. The van der Waals surface area contributed by atoms with Crippen molar-refractivity contribution in [3.8, 4) is 0 Å². The Labute approximate surface area is 193 Å². The Morgan fingerprint density at radius 3 is 2.73 bits per heavy atom. The van der Waals surface area contributed by atoms with Crippen LogP contribution >= 0.6 is 0 Å². The van der Waals surface area contributed by atoms with Crippen LogP contribution in [0.5, 0.6) is 0 Å². The molecular weight excluding hydrogens is 419 g/mol. The van der Waals surface area contributed by atoms with Crippen LogP contribution in [-0.2, 0) is 17.8 Å². The second kappa shape index (κ2) is 8.14. The third kappa shape index (κ3) is 3.66. The van der Waals surface area contributed by atoms with Gasteiger partial charge < -0.3 is 4.90 Å². The molecule has 3 N–H and O–H groups in total. The molecule has 8 heteroatoms. The van der Waals surface area contributed by atoms with Gasteiger partial charge >= 0.3 is 0 Å². The van der Waals surface area contributed by atoms with Crippen LogP contribution in [0, 0.1) is 12.7 Å². The third-order valence-corrected chi connectivity index (χ3v) is 7.74. The summed E-state index contributed by atoms with van der Waals surface area (Å²) in [5.74, 6) is -0.521. The van der Waals surface area contributed by atoms with Gasteiger partial charge in [-0.1, -0.05) is 30.3 Å². The zero-order valence-electron chi connectivity index (χ0n) is 19.1. The van der Waals surface area contributed by atoms with E-state index in [2.05, 4.69) is 51.3 Å². The number of halogens is 1. The number of benzene rings is 2. The molecule has 33 heavy (non-hydrogen) atoms. The first-order valence-electron chi connectivity index (χ1n) is 11.9. The number of fused-ring (bicyclic) bond motifs is 2. The number of carbonyl (C=O) groups excluding carboxylic acids is 1. The molecule has 3 saturated heterocycles. The topological polar surface area (TPSA) is 62.9 Å². The highest BCUT2D eigenvalue weighted by Gasteiger charge is 2.44. The molecule has 0 aliphatic carbocycles. The number of aryl methyl sites for hydroxylation is 1. The predicted molar refractivity (Wildman–Crippen MR) is 125 cm³/mol. The van der Waals surface area contributed by atoms with Crippen molar-refractivity contribution in [3.63, 3.8) is 0 Å². The first-order valence-corrected chi connectivity index (χ1v) is 11.9. The van der Waals surface area contributed by atoms with Gasteiger partial charge in [-0.25, -0.2) is 20.3 Å². The lowest BCUT2D eigenvalue weighted by Crippen LogP contribution is -2.60. The summed E-state index contributed by atoms with van der Waals surface area (Å²) in [6, 6.07) is 12.2. The van der Waals surface area contributed by atoms with Gasteiger partial charge in [-0.05, 0) is 48.7 Å². The summed E-state index contributed by atoms with van der Waals surface area (Å²) in [4.78, 5) is 17.8. The van der Waals surface area contributed by atoms with Crippen LogP contribution in [0.4, 0.5) is 10.1 Å². The molecule has 2 aromatic rings. The standard InChI is InChI=1S/C25H31FN6O/c1-15-4-3-5-20(26)25(15)32-22(33)11-21-24(29-32)23(28-27-21)17-6-7-18-12-31(9-8-16(18)10-17)19-13-30(2)14-19/h3-7,10,19,21,23-24,27-29H,8-9,11-14H2,1-2H3. The smallest absolute Gasteiger partial charge is 0.243 e. The Morgan fingerprint density at radius 1 is 1.09 bits per heavy atom. The van der Waals surface area contributed by atoms with Crippen molar-refractivity contribution in [1.82, 2.24) is 26.1 Å². The third-order valence-electron chi connectivity index (χ3n) is 7.74. The number of amides is 1. The number of anilines is 1. The minimum atomic E-state index is -0.388. The Balaban J connectivity index is 1.22. The van der Waals surface area contributed by atoms with Crippen LogP contribution in [-0.4, -0.2) is 60.5 Å². The van der Waals surface area contributed by atoms with Gasteiger partial charge in [-0.15, -0.1) is 0 Å². The number of para-hydroxylation sites is 1. The van der Waals surface area contributed by atoms with Crippen molar-refractivity contribution in [2.24, 2.45) is 0 Å². The number of likely N-dealkylation sites (tertiary alicyclic amines) is 1. The van der Waals surface area contributed by atoms with E-state index in [4.69, 9.17) is 0 Å². The van der Waals surface area contributed by atoms with Crippen molar-refractivity contribution in [1.29, 1.82) is 0 Å². The molecule has 4 aliphatic heterocycles. The van der Waals surface area contributed by atoms with Crippen LogP contribution < -0.4 is 21.3 Å². The molecule has 0 aromatic heterocycles. The van der Waals surface area contributed by atoms with E-state index in [1.54, 1.807) is 6.07 Å². The summed E-state index contributed by atoms with van der Waals surface area (Å²) >= 11 is 0. The molecular formula is C25H31FN6O. The van der Waals surface area contributed by atoms with Crippen LogP contribution in [0.25, 0.3) is 0 Å². The lowest BCUT2D eigenvalue weighted by atomic mass is 9.89. The molecule has 1 amide bonds. The molecule has 6 rings (SSSR count). The highest BCUT2D eigenvalue weighted by Crippen LogP contribution is 2.33. The number of hydrogen-bond donors (Lipinski definition) is 3. The van der Waals surface area contributed by atoms with Gasteiger partial charge in [-0.2, -0.15) is 0 Å². The number of likely N-dealkylation sites (N-methyl/N-ethyl adjacent to an activating group) is 1. The van der Waals surface area contributed by atoms with Crippen molar-refractivity contribution < 1.29 is 9.18 Å². The second-order valence-corrected chi connectivity index (χ2v) is 9.99. The zero-order valence-corrected chi connectivity index (χ0v) is 19.1. The molecule has 3 fully saturated rings. The van der Waals surface area contributed by atoms with Crippen LogP contribution in [0.2, 0.25) is 0 Å². The van der Waals surface area contributed by atoms with Crippen LogP contribution in [0.3, 0.4) is 0 Å². The van der Waals surface area contributed by atoms with Gasteiger partial charge in [0.25, 0.3) is 0 Å². The number of hydrazine groups is 2. The summed E-state index contributed by atoms with van der Waals surface area (Å²) in [5.41, 5.74) is 15.1. The van der Waals surface area contributed by atoms with Crippen LogP contribution in [0.15, 0.2) is 36.4 Å². The van der Waals surface area contributed by atoms with E-state index < -0.39 is 0 Å². The fraction of sp³-hybridized carbons (Fsp3) is 0.480. The fourth-order valence-electron chi connectivity index (χ4n) is 5.83. The van der Waals surface area contributed by atoms with E-state index in [-0.39, 0.29) is 29.8 Å². The van der Waals surface area contributed by atoms with Crippen molar-refractivity contribution in [2.45, 2.75) is 50.5 Å². The molecule has 0 spiro atoms. The van der Waals surface area contributed by atoms with Crippen LogP contribution in [0.1, 0.15) is 34.7 Å². The lowest BCUT2D eigenvalue weighted by molar-refractivity contribution is -0.121. The van der Waals surface area contributed by atoms with E-state index in [9.17, 15) is 9.18 Å². The van der Waals surface area contributed by atoms with Gasteiger partial charge in [0.15, 0.2) is 0 Å². The number of rotatable bonds is 3. The first kappa shape index (κ1) is 21.2. The Kier molecular flexibility index (Phi) is 5.23. The minimum Gasteiger partial charge on any atom is -0.303 e. The lowest BCUT2D eigenvalue weighted by Gasteiger charge is -2.45. The molecule has 2 aromatic carbocycles. The van der Waals surface area contributed by atoms with Crippen molar-refractivity contribution in [3.05, 3.63) is 64.5 Å². The maximum absolute atomic E-state index is 14.6. The van der Waals surface area contributed by atoms with E-state index >= 15 is 0 Å². The molecule has 174 valence electrons. The predicted octanol–water partition coefficient (Wildman–Crippen LogP) is 1.63. The van der Waals surface area contributed by atoms with E-state index in [1.807, 2.05) is 13.0 Å². The van der Waals surface area contributed by atoms with Gasteiger partial charge in [0.05, 0.1) is 17.8 Å². The van der Waals surface area contributed by atoms with Gasteiger partial charge in [0, 0.05) is 44.7 Å². The van der Waals surface area contributed by atoms with E-state index in [0.717, 1.165) is 38.2 Å². The van der Waals surface area contributed by atoms with E-state index in [1.165, 1.54) is 27.8 Å². The zero-order chi connectivity index (χ0) is 22.7. The van der Waals surface area contributed by atoms with Gasteiger partial charge in [-0.3, -0.25) is 15.1 Å². The number of nitrogens with one attached hydrogen (secondary N) is 3. The monoisotopic (exact) mass is 450 g/mol.